The molecule has 0 bridgehead atoms. The summed E-state index contributed by atoms with van der Waals surface area (Å²) in [7, 11) is 1.75. The van der Waals surface area contributed by atoms with Crippen molar-refractivity contribution in [3.8, 4) is 0 Å². The summed E-state index contributed by atoms with van der Waals surface area (Å²) in [5, 5.41) is 11.6. The Balaban J connectivity index is 2.69. The van der Waals surface area contributed by atoms with Crippen LogP contribution in [0.5, 0.6) is 0 Å². The number of rotatable bonds is 5. The second kappa shape index (κ2) is 6.44. The van der Waals surface area contributed by atoms with Crippen LogP contribution < -0.4 is 5.73 Å². The van der Waals surface area contributed by atoms with E-state index < -0.39 is 5.92 Å². The highest BCUT2D eigenvalue weighted by molar-refractivity contribution is 6.02. The van der Waals surface area contributed by atoms with Crippen molar-refractivity contribution in [1.29, 1.82) is 0 Å². The van der Waals surface area contributed by atoms with Crippen LogP contribution in [0, 0.1) is 5.92 Å². The standard InChI is InChI=1S/C11H21N3O3/c1-3-4-9(10(12)13-16)11(15)14(2)8-5-6-17-7-8/h8-9,16H,3-7H2,1-2H3,(H2,12,13). The molecule has 0 aromatic carbocycles. The first kappa shape index (κ1) is 13.8. The topological polar surface area (TPSA) is 88.2 Å². The number of amides is 1. The molecule has 6 nitrogen and oxygen atoms in total. The third-order valence-corrected chi connectivity index (χ3v) is 3.15. The largest absolute Gasteiger partial charge is 0.409 e. The number of hydrogen-bond acceptors (Lipinski definition) is 4. The lowest BCUT2D eigenvalue weighted by atomic mass is 10.00. The van der Waals surface area contributed by atoms with Crippen LogP contribution >= 0.6 is 0 Å². The van der Waals surface area contributed by atoms with E-state index >= 15 is 0 Å². The van der Waals surface area contributed by atoms with Crippen molar-refractivity contribution >= 4 is 11.7 Å². The van der Waals surface area contributed by atoms with Gasteiger partial charge < -0.3 is 20.6 Å². The summed E-state index contributed by atoms with van der Waals surface area (Å²) in [6, 6.07) is 0.105. The Labute approximate surface area is 101 Å². The quantitative estimate of drug-likeness (QED) is 0.316. The lowest BCUT2D eigenvalue weighted by Crippen LogP contribution is -2.45. The van der Waals surface area contributed by atoms with Gasteiger partial charge in [0, 0.05) is 13.7 Å². The molecular formula is C11H21N3O3. The van der Waals surface area contributed by atoms with Gasteiger partial charge in [-0.3, -0.25) is 4.79 Å². The number of carbonyl (C=O) groups excluding carboxylic acids is 1. The molecule has 17 heavy (non-hydrogen) atoms. The van der Waals surface area contributed by atoms with Gasteiger partial charge in [0.15, 0.2) is 5.84 Å². The second-order valence-corrected chi connectivity index (χ2v) is 4.33. The summed E-state index contributed by atoms with van der Waals surface area (Å²) < 4.78 is 5.25. The molecule has 98 valence electrons. The van der Waals surface area contributed by atoms with Gasteiger partial charge in [-0.25, -0.2) is 0 Å². The van der Waals surface area contributed by atoms with Crippen molar-refractivity contribution in [2.75, 3.05) is 20.3 Å². The number of nitrogens with zero attached hydrogens (tertiary/aromatic N) is 2. The Hall–Kier alpha value is -1.30. The van der Waals surface area contributed by atoms with Gasteiger partial charge >= 0.3 is 0 Å². The van der Waals surface area contributed by atoms with E-state index in [1.165, 1.54) is 0 Å². The lowest BCUT2D eigenvalue weighted by molar-refractivity contribution is -0.134. The molecule has 0 aromatic heterocycles. The Morgan fingerprint density at radius 1 is 1.71 bits per heavy atom. The van der Waals surface area contributed by atoms with Crippen LogP contribution in [0.1, 0.15) is 26.2 Å². The third kappa shape index (κ3) is 3.33. The minimum absolute atomic E-state index is 0.0115. The smallest absolute Gasteiger partial charge is 0.233 e. The maximum Gasteiger partial charge on any atom is 0.233 e. The summed E-state index contributed by atoms with van der Waals surface area (Å²) >= 11 is 0. The molecule has 1 saturated heterocycles. The van der Waals surface area contributed by atoms with Crippen molar-refractivity contribution in [3.05, 3.63) is 0 Å². The number of ether oxygens (including phenoxy) is 1. The highest BCUT2D eigenvalue weighted by Gasteiger charge is 2.31. The molecule has 1 fully saturated rings. The molecule has 1 aliphatic heterocycles. The molecule has 1 rings (SSSR count). The second-order valence-electron chi connectivity index (χ2n) is 4.33. The molecule has 2 unspecified atom stereocenters. The Kier molecular flexibility index (Phi) is 5.21. The molecular weight excluding hydrogens is 222 g/mol. The van der Waals surface area contributed by atoms with Crippen LogP contribution in [0.2, 0.25) is 0 Å². The van der Waals surface area contributed by atoms with E-state index in [9.17, 15) is 4.79 Å². The first-order valence-corrected chi connectivity index (χ1v) is 5.93. The SMILES string of the molecule is CCCC(C(=O)N(C)C1CCOC1)C(N)=NO. The van der Waals surface area contributed by atoms with Gasteiger partial charge in [0.05, 0.1) is 18.6 Å². The Morgan fingerprint density at radius 2 is 2.41 bits per heavy atom. The molecule has 1 aliphatic rings. The van der Waals surface area contributed by atoms with E-state index in [-0.39, 0.29) is 17.8 Å². The van der Waals surface area contributed by atoms with Crippen molar-refractivity contribution in [2.45, 2.75) is 32.2 Å². The Morgan fingerprint density at radius 3 is 2.88 bits per heavy atom. The number of nitrogens with two attached hydrogens (primary N) is 1. The summed E-state index contributed by atoms with van der Waals surface area (Å²) in [4.78, 5) is 13.9. The van der Waals surface area contributed by atoms with Crippen molar-refractivity contribution < 1.29 is 14.7 Å². The monoisotopic (exact) mass is 243 g/mol. The number of oxime groups is 1. The van der Waals surface area contributed by atoms with Crippen LogP contribution in [-0.2, 0) is 9.53 Å². The average molecular weight is 243 g/mol. The number of likely N-dealkylation sites (N-methyl/N-ethyl adjacent to an activating group) is 1. The zero-order valence-electron chi connectivity index (χ0n) is 10.4. The predicted octanol–water partition coefficient (Wildman–Crippen LogP) is 0.396. The minimum Gasteiger partial charge on any atom is -0.409 e. The fourth-order valence-corrected chi connectivity index (χ4v) is 2.01. The van der Waals surface area contributed by atoms with Gasteiger partial charge in [0.25, 0.3) is 0 Å². The van der Waals surface area contributed by atoms with E-state index in [2.05, 4.69) is 5.16 Å². The highest BCUT2D eigenvalue weighted by Crippen LogP contribution is 2.16. The normalized spacial score (nSPS) is 22.5. The van der Waals surface area contributed by atoms with Gasteiger partial charge in [0.1, 0.15) is 0 Å². The van der Waals surface area contributed by atoms with E-state index in [1.54, 1.807) is 11.9 Å². The molecule has 0 radical (unpaired) electrons. The first-order chi connectivity index (χ1) is 8.11. The molecule has 1 amide bonds. The van der Waals surface area contributed by atoms with Gasteiger partial charge in [-0.2, -0.15) is 0 Å². The molecule has 2 atom stereocenters. The number of carbonyl (C=O) groups is 1. The van der Waals surface area contributed by atoms with Crippen LogP contribution in [0.4, 0.5) is 0 Å². The molecule has 0 spiro atoms. The van der Waals surface area contributed by atoms with Crippen molar-refractivity contribution in [3.63, 3.8) is 0 Å². The number of amidine groups is 1. The molecule has 0 aliphatic carbocycles. The lowest BCUT2D eigenvalue weighted by Gasteiger charge is -2.27. The molecule has 1 heterocycles. The van der Waals surface area contributed by atoms with Gasteiger partial charge in [-0.15, -0.1) is 0 Å². The summed E-state index contributed by atoms with van der Waals surface area (Å²) in [6.07, 6.45) is 2.24. The average Bonchev–Trinajstić information content (AvgIpc) is 2.87. The van der Waals surface area contributed by atoms with Crippen LogP contribution in [0.15, 0.2) is 5.16 Å². The zero-order chi connectivity index (χ0) is 12.8. The summed E-state index contributed by atoms with van der Waals surface area (Å²) in [6.45, 7) is 3.21. The highest BCUT2D eigenvalue weighted by atomic mass is 16.5. The summed E-state index contributed by atoms with van der Waals surface area (Å²) in [5.74, 6) is -0.643. The van der Waals surface area contributed by atoms with Crippen LogP contribution in [-0.4, -0.2) is 48.2 Å². The van der Waals surface area contributed by atoms with Crippen LogP contribution in [0.3, 0.4) is 0 Å². The molecule has 0 saturated carbocycles. The van der Waals surface area contributed by atoms with E-state index in [0.29, 0.717) is 19.6 Å². The Bertz CT molecular complexity index is 288. The summed E-state index contributed by atoms with van der Waals surface area (Å²) in [5.41, 5.74) is 5.56. The fraction of sp³-hybridized carbons (Fsp3) is 0.818. The molecule has 3 N–H and O–H groups in total. The van der Waals surface area contributed by atoms with Gasteiger partial charge in [-0.05, 0) is 12.8 Å². The maximum absolute atomic E-state index is 12.2. The number of hydrogen-bond donors (Lipinski definition) is 2. The van der Waals surface area contributed by atoms with Gasteiger partial charge in [0.2, 0.25) is 5.91 Å². The predicted molar refractivity (Wildman–Crippen MR) is 63.8 cm³/mol. The van der Waals surface area contributed by atoms with Crippen molar-refractivity contribution in [2.24, 2.45) is 16.8 Å². The minimum atomic E-state index is -0.532. The van der Waals surface area contributed by atoms with Crippen molar-refractivity contribution in [1.82, 2.24) is 4.90 Å². The maximum atomic E-state index is 12.2. The van der Waals surface area contributed by atoms with E-state index in [4.69, 9.17) is 15.7 Å². The molecule has 6 heteroatoms. The fourth-order valence-electron chi connectivity index (χ4n) is 2.01. The molecule has 0 aromatic rings. The van der Waals surface area contributed by atoms with Gasteiger partial charge in [-0.1, -0.05) is 18.5 Å². The van der Waals surface area contributed by atoms with E-state index in [0.717, 1.165) is 12.8 Å². The van der Waals surface area contributed by atoms with Crippen LogP contribution in [0.25, 0.3) is 0 Å². The zero-order valence-corrected chi connectivity index (χ0v) is 10.4. The third-order valence-electron chi connectivity index (χ3n) is 3.15. The first-order valence-electron chi connectivity index (χ1n) is 5.93. The van der Waals surface area contributed by atoms with E-state index in [1.807, 2.05) is 6.92 Å².